The summed E-state index contributed by atoms with van der Waals surface area (Å²) < 4.78 is 0. The van der Waals surface area contributed by atoms with E-state index >= 15 is 0 Å². The lowest BCUT2D eigenvalue weighted by atomic mass is 9.67. The van der Waals surface area contributed by atoms with E-state index in [2.05, 4.69) is 73.9 Å². The first kappa shape index (κ1) is 19.5. The van der Waals surface area contributed by atoms with Crippen LogP contribution in [0.5, 0.6) is 0 Å². The number of rotatable bonds is 3. The van der Waals surface area contributed by atoms with E-state index in [0.29, 0.717) is 12.1 Å². The molecule has 6 aliphatic rings. The normalized spacial score (nSPS) is 36.3. The van der Waals surface area contributed by atoms with E-state index in [-0.39, 0.29) is 5.66 Å². The lowest BCUT2D eigenvalue weighted by molar-refractivity contribution is -0.132. The number of nitrogens with one attached hydrogen (secondary N) is 2. The lowest BCUT2D eigenvalue weighted by Gasteiger charge is -2.68. The van der Waals surface area contributed by atoms with E-state index in [1.165, 1.54) is 54.7 Å². The molecule has 5 nitrogen and oxygen atoms in total. The zero-order chi connectivity index (χ0) is 21.1. The SMILES string of the molecule is c1ccc2c(c1)CNC2C1N2CCC(CC2)C1(N1CCNCC1)N1CCc2ccccc21. The summed E-state index contributed by atoms with van der Waals surface area (Å²) in [6, 6.07) is 19.3. The highest BCUT2D eigenvalue weighted by Crippen LogP contribution is 2.53. The van der Waals surface area contributed by atoms with E-state index < -0.39 is 0 Å². The standard InChI is InChI=1S/C27H35N5/c1-3-7-23-21(6-1)19-29-25(23)26-27(31-17-12-28-13-18-31,22-10-14-30(26)15-11-22)32-16-9-20-5-2-4-8-24(20)32/h1-8,22,25-26,28-29H,9-19H2. The first-order valence-corrected chi connectivity index (χ1v) is 12.7. The van der Waals surface area contributed by atoms with Crippen molar-refractivity contribution in [2.75, 3.05) is 50.7 Å². The molecule has 4 fully saturated rings. The minimum Gasteiger partial charge on any atom is -0.351 e. The van der Waals surface area contributed by atoms with E-state index in [4.69, 9.17) is 0 Å². The van der Waals surface area contributed by atoms with Crippen molar-refractivity contribution in [3.05, 3.63) is 65.2 Å². The molecular weight excluding hydrogens is 394 g/mol. The highest BCUT2D eigenvalue weighted by Gasteiger charge is 2.63. The van der Waals surface area contributed by atoms with Crippen LogP contribution in [0, 0.1) is 5.92 Å². The molecule has 168 valence electrons. The van der Waals surface area contributed by atoms with Crippen molar-refractivity contribution in [1.82, 2.24) is 20.4 Å². The van der Waals surface area contributed by atoms with Gasteiger partial charge in [0, 0.05) is 45.0 Å². The molecule has 3 unspecified atom stereocenters. The fourth-order valence-electron chi connectivity index (χ4n) is 7.91. The van der Waals surface area contributed by atoms with E-state index in [9.17, 15) is 0 Å². The zero-order valence-electron chi connectivity index (χ0n) is 19.0. The van der Waals surface area contributed by atoms with Crippen LogP contribution in [-0.2, 0) is 13.0 Å². The van der Waals surface area contributed by atoms with Crippen LogP contribution in [0.15, 0.2) is 48.5 Å². The average molecular weight is 430 g/mol. The Morgan fingerprint density at radius 2 is 1.56 bits per heavy atom. The Bertz CT molecular complexity index is 993. The monoisotopic (exact) mass is 429 g/mol. The van der Waals surface area contributed by atoms with E-state index in [0.717, 1.165) is 45.2 Å². The molecule has 0 saturated carbocycles. The fraction of sp³-hybridized carbons (Fsp3) is 0.556. The van der Waals surface area contributed by atoms with Crippen LogP contribution < -0.4 is 15.5 Å². The summed E-state index contributed by atoms with van der Waals surface area (Å²) in [5.41, 5.74) is 6.13. The topological polar surface area (TPSA) is 33.8 Å². The average Bonchev–Trinajstić information content (AvgIpc) is 3.49. The highest BCUT2D eigenvalue weighted by molar-refractivity contribution is 5.61. The van der Waals surface area contributed by atoms with Crippen LogP contribution in [0.1, 0.15) is 35.6 Å². The number of hydrogen-bond acceptors (Lipinski definition) is 5. The molecule has 0 aliphatic carbocycles. The lowest BCUT2D eigenvalue weighted by Crippen LogP contribution is -2.81. The van der Waals surface area contributed by atoms with Crippen molar-refractivity contribution >= 4 is 5.69 Å². The predicted molar refractivity (Wildman–Crippen MR) is 129 cm³/mol. The second-order valence-electron chi connectivity index (χ2n) is 10.4. The molecule has 0 amide bonds. The summed E-state index contributed by atoms with van der Waals surface area (Å²) in [7, 11) is 0. The molecule has 2 bridgehead atoms. The largest absolute Gasteiger partial charge is 0.351 e. The third kappa shape index (κ3) is 2.65. The molecule has 8 rings (SSSR count). The highest BCUT2D eigenvalue weighted by atomic mass is 15.5. The van der Waals surface area contributed by atoms with Crippen LogP contribution in [0.2, 0.25) is 0 Å². The first-order chi connectivity index (χ1) is 15.9. The van der Waals surface area contributed by atoms with Crippen LogP contribution >= 0.6 is 0 Å². The van der Waals surface area contributed by atoms with Gasteiger partial charge in [-0.25, -0.2) is 0 Å². The fourth-order valence-corrected chi connectivity index (χ4v) is 7.91. The summed E-state index contributed by atoms with van der Waals surface area (Å²) in [4.78, 5) is 8.66. The Balaban J connectivity index is 1.42. The third-order valence-corrected chi connectivity index (χ3v) is 9.12. The van der Waals surface area contributed by atoms with Gasteiger partial charge in [-0.1, -0.05) is 42.5 Å². The van der Waals surface area contributed by atoms with Gasteiger partial charge in [0.1, 0.15) is 5.66 Å². The van der Waals surface area contributed by atoms with Gasteiger partial charge >= 0.3 is 0 Å². The van der Waals surface area contributed by atoms with Crippen molar-refractivity contribution in [2.24, 2.45) is 5.92 Å². The van der Waals surface area contributed by atoms with Crippen LogP contribution in [0.4, 0.5) is 5.69 Å². The van der Waals surface area contributed by atoms with Crippen molar-refractivity contribution in [3.8, 4) is 0 Å². The van der Waals surface area contributed by atoms with Crippen molar-refractivity contribution in [3.63, 3.8) is 0 Å². The van der Waals surface area contributed by atoms with Crippen molar-refractivity contribution in [2.45, 2.75) is 43.6 Å². The van der Waals surface area contributed by atoms with Gasteiger partial charge in [-0.15, -0.1) is 0 Å². The summed E-state index contributed by atoms with van der Waals surface area (Å²) in [5, 5.41) is 7.64. The minimum atomic E-state index is 0.0559. The van der Waals surface area contributed by atoms with E-state index in [1.807, 2.05) is 0 Å². The number of hydrogen-bond donors (Lipinski definition) is 2. The van der Waals surface area contributed by atoms with Gasteiger partial charge in [0.25, 0.3) is 0 Å². The molecule has 5 heteroatoms. The molecule has 6 heterocycles. The zero-order valence-corrected chi connectivity index (χ0v) is 19.0. The first-order valence-electron chi connectivity index (χ1n) is 12.7. The molecule has 6 aliphatic heterocycles. The Morgan fingerprint density at radius 1 is 0.812 bits per heavy atom. The number of piperidine rings is 3. The Kier molecular flexibility index (Phi) is 4.62. The number of anilines is 1. The molecule has 4 saturated heterocycles. The molecular formula is C27H35N5. The third-order valence-electron chi connectivity index (χ3n) is 9.12. The number of nitrogens with zero attached hydrogens (tertiary/aromatic N) is 3. The number of para-hydroxylation sites is 1. The quantitative estimate of drug-likeness (QED) is 0.784. The van der Waals surface area contributed by atoms with Crippen molar-refractivity contribution < 1.29 is 0 Å². The van der Waals surface area contributed by atoms with Crippen LogP contribution in [-0.4, -0.2) is 67.3 Å². The maximum absolute atomic E-state index is 4.01. The molecule has 3 atom stereocenters. The van der Waals surface area contributed by atoms with Gasteiger partial charge < -0.3 is 15.5 Å². The summed E-state index contributed by atoms with van der Waals surface area (Å²) >= 11 is 0. The second kappa shape index (κ2) is 7.56. The number of benzene rings is 2. The number of fused-ring (bicyclic) bond motifs is 5. The van der Waals surface area contributed by atoms with E-state index in [1.54, 1.807) is 0 Å². The maximum Gasteiger partial charge on any atom is 0.114 e. The number of piperazine rings is 1. The summed E-state index contributed by atoms with van der Waals surface area (Å²) in [6.45, 7) is 9.15. The molecule has 0 spiro atoms. The van der Waals surface area contributed by atoms with Gasteiger partial charge in [-0.05, 0) is 61.0 Å². The Labute approximate surface area is 191 Å². The molecule has 2 N–H and O–H groups in total. The van der Waals surface area contributed by atoms with Crippen LogP contribution in [0.3, 0.4) is 0 Å². The molecule has 2 aromatic rings. The van der Waals surface area contributed by atoms with Gasteiger partial charge in [0.05, 0.1) is 12.1 Å². The van der Waals surface area contributed by atoms with Crippen molar-refractivity contribution in [1.29, 1.82) is 0 Å². The predicted octanol–water partition coefficient (Wildman–Crippen LogP) is 2.59. The van der Waals surface area contributed by atoms with Gasteiger partial charge in [-0.3, -0.25) is 9.80 Å². The van der Waals surface area contributed by atoms with Gasteiger partial charge in [0.15, 0.2) is 0 Å². The second-order valence-corrected chi connectivity index (χ2v) is 10.4. The summed E-state index contributed by atoms with van der Waals surface area (Å²) in [6.07, 6.45) is 3.83. The summed E-state index contributed by atoms with van der Waals surface area (Å²) in [5.74, 6) is 0.719. The van der Waals surface area contributed by atoms with Crippen LogP contribution in [0.25, 0.3) is 0 Å². The molecule has 0 radical (unpaired) electrons. The molecule has 32 heavy (non-hydrogen) atoms. The van der Waals surface area contributed by atoms with Gasteiger partial charge in [-0.2, -0.15) is 0 Å². The maximum atomic E-state index is 4.01. The smallest absolute Gasteiger partial charge is 0.114 e. The van der Waals surface area contributed by atoms with Gasteiger partial charge in [0.2, 0.25) is 0 Å². The molecule has 2 aromatic carbocycles. The Morgan fingerprint density at radius 3 is 2.41 bits per heavy atom. The Hall–Kier alpha value is -1.92. The molecule has 0 aromatic heterocycles. The minimum absolute atomic E-state index is 0.0559.